The largest absolute Gasteiger partial charge is 0.450 e. The van der Waals surface area contributed by atoms with E-state index >= 15 is 0 Å². The highest BCUT2D eigenvalue weighted by Gasteiger charge is 2.31. The average molecular weight is 578 g/mol. The van der Waals surface area contributed by atoms with Crippen molar-refractivity contribution in [3.63, 3.8) is 0 Å². The first-order chi connectivity index (χ1) is 20.2. The van der Waals surface area contributed by atoms with E-state index in [1.165, 1.54) is 6.07 Å². The van der Waals surface area contributed by atoms with Crippen LogP contribution in [0.1, 0.15) is 31.0 Å². The van der Waals surface area contributed by atoms with Crippen molar-refractivity contribution >= 4 is 17.9 Å². The summed E-state index contributed by atoms with van der Waals surface area (Å²) in [6.07, 6.45) is -3.28. The minimum atomic E-state index is -4.51. The zero-order valence-electron chi connectivity index (χ0n) is 23.2. The fraction of sp³-hybridized carbons (Fsp3) is 0.300. The van der Waals surface area contributed by atoms with Crippen molar-refractivity contribution in [1.82, 2.24) is 25.1 Å². The third-order valence-corrected chi connectivity index (χ3v) is 6.95. The van der Waals surface area contributed by atoms with E-state index in [0.29, 0.717) is 55.8 Å². The van der Waals surface area contributed by atoms with E-state index in [9.17, 15) is 18.0 Å². The lowest BCUT2D eigenvalue weighted by molar-refractivity contribution is -0.137. The third-order valence-electron chi connectivity index (χ3n) is 6.95. The Morgan fingerprint density at radius 1 is 1.00 bits per heavy atom. The molecule has 12 heteroatoms. The molecule has 0 radical (unpaired) electrons. The van der Waals surface area contributed by atoms with Crippen LogP contribution in [0.25, 0.3) is 22.5 Å². The monoisotopic (exact) mass is 577 g/mol. The molecule has 4 aromatic rings. The summed E-state index contributed by atoms with van der Waals surface area (Å²) >= 11 is 0. The van der Waals surface area contributed by atoms with Crippen molar-refractivity contribution in [1.29, 1.82) is 0 Å². The highest BCUT2D eigenvalue weighted by Crippen LogP contribution is 2.36. The lowest BCUT2D eigenvalue weighted by Gasteiger charge is -2.34. The number of nitrogens with one attached hydrogen (secondary N) is 1. The number of ether oxygens (including phenoxy) is 1. The number of carbonyl (C=O) groups excluding carboxylic acids is 1. The van der Waals surface area contributed by atoms with E-state index in [0.717, 1.165) is 17.7 Å². The number of carbonyl (C=O) groups is 1. The van der Waals surface area contributed by atoms with Gasteiger partial charge in [0.15, 0.2) is 5.82 Å². The van der Waals surface area contributed by atoms with Gasteiger partial charge in [0, 0.05) is 43.5 Å². The first kappa shape index (κ1) is 28.8. The maximum absolute atomic E-state index is 13.6. The van der Waals surface area contributed by atoms with Crippen LogP contribution in [0.15, 0.2) is 72.9 Å². The van der Waals surface area contributed by atoms with Gasteiger partial charge in [0.1, 0.15) is 5.69 Å². The molecule has 1 N–H and O–H groups in total. The highest BCUT2D eigenvalue weighted by atomic mass is 19.4. The fourth-order valence-electron chi connectivity index (χ4n) is 4.72. The summed E-state index contributed by atoms with van der Waals surface area (Å²) in [4.78, 5) is 24.8. The molecule has 0 saturated carbocycles. The van der Waals surface area contributed by atoms with Gasteiger partial charge in [-0.05, 0) is 43.7 Å². The summed E-state index contributed by atoms with van der Waals surface area (Å²) < 4.78 is 45.8. The number of benzene rings is 2. The zero-order chi connectivity index (χ0) is 29.7. The minimum Gasteiger partial charge on any atom is -0.450 e. The Morgan fingerprint density at radius 2 is 1.76 bits per heavy atom. The third kappa shape index (κ3) is 6.59. The van der Waals surface area contributed by atoms with Crippen molar-refractivity contribution in [3.05, 3.63) is 84.1 Å². The summed E-state index contributed by atoms with van der Waals surface area (Å²) in [5.74, 6) is 0.885. The first-order valence-electron chi connectivity index (χ1n) is 13.6. The van der Waals surface area contributed by atoms with Crippen molar-refractivity contribution in [3.8, 4) is 22.5 Å². The van der Waals surface area contributed by atoms with Crippen LogP contribution in [0.5, 0.6) is 0 Å². The Balaban J connectivity index is 1.50. The van der Waals surface area contributed by atoms with Gasteiger partial charge in [0.05, 0.1) is 23.9 Å². The Labute approximate surface area is 241 Å². The Morgan fingerprint density at radius 3 is 2.48 bits per heavy atom. The lowest BCUT2D eigenvalue weighted by atomic mass is 10.0. The van der Waals surface area contributed by atoms with E-state index in [-0.39, 0.29) is 23.4 Å². The normalized spacial score (nSPS) is 14.4. The molecule has 1 fully saturated rings. The number of alkyl halides is 3. The molecule has 218 valence electrons. The number of piperazine rings is 1. The second-order valence-electron chi connectivity index (χ2n) is 9.76. The maximum Gasteiger partial charge on any atom is 0.416 e. The van der Waals surface area contributed by atoms with Gasteiger partial charge in [-0.25, -0.2) is 14.8 Å². The fourth-order valence-corrected chi connectivity index (χ4v) is 4.72. The quantitative estimate of drug-likeness (QED) is 0.283. The number of nitrogens with zero attached hydrogens (tertiary/aromatic N) is 6. The minimum absolute atomic E-state index is 0.0915. The molecule has 0 spiro atoms. The molecule has 1 aliphatic rings. The zero-order valence-corrected chi connectivity index (χ0v) is 23.2. The van der Waals surface area contributed by atoms with Crippen LogP contribution in [0.2, 0.25) is 0 Å². The van der Waals surface area contributed by atoms with Gasteiger partial charge >= 0.3 is 12.3 Å². The molecule has 3 heterocycles. The second kappa shape index (κ2) is 12.4. The van der Waals surface area contributed by atoms with Crippen LogP contribution < -0.4 is 10.2 Å². The standard InChI is InChI=1S/C30H30F3N7O2/c1-3-42-29(41)40-16-14-39(15-17-40)26-19-24(27(38-37-26)22-10-7-11-23(18-22)30(31,32)33)25-12-13-34-28(36-25)35-20(2)21-8-5-4-6-9-21/h4-13,18-20H,3,14-17H2,1-2H3,(H,34,35,36)/t20-/m0/s1. The predicted octanol–water partition coefficient (Wildman–Crippen LogP) is 6.07. The number of hydrogen-bond donors (Lipinski definition) is 1. The van der Waals surface area contributed by atoms with E-state index in [1.807, 2.05) is 42.2 Å². The molecule has 0 unspecified atom stereocenters. The molecule has 1 atom stereocenters. The van der Waals surface area contributed by atoms with Crippen molar-refractivity contribution in [2.24, 2.45) is 0 Å². The molecule has 9 nitrogen and oxygen atoms in total. The van der Waals surface area contributed by atoms with Crippen molar-refractivity contribution in [2.75, 3.05) is 43.0 Å². The van der Waals surface area contributed by atoms with Gasteiger partial charge in [-0.3, -0.25) is 0 Å². The number of amides is 1. The number of aromatic nitrogens is 4. The molecule has 1 saturated heterocycles. The van der Waals surface area contributed by atoms with Crippen LogP contribution in [-0.2, 0) is 10.9 Å². The Kier molecular flexibility index (Phi) is 8.51. The summed E-state index contributed by atoms with van der Waals surface area (Å²) in [6.45, 7) is 5.89. The van der Waals surface area contributed by atoms with E-state index in [4.69, 9.17) is 9.72 Å². The number of hydrogen-bond acceptors (Lipinski definition) is 8. The van der Waals surface area contributed by atoms with E-state index in [1.54, 1.807) is 36.2 Å². The molecule has 5 rings (SSSR count). The number of rotatable bonds is 7. The average Bonchev–Trinajstić information content (AvgIpc) is 3.01. The Hall–Kier alpha value is -4.74. The van der Waals surface area contributed by atoms with Crippen LogP contribution in [0.3, 0.4) is 0 Å². The molecule has 42 heavy (non-hydrogen) atoms. The van der Waals surface area contributed by atoms with Crippen molar-refractivity contribution < 1.29 is 22.7 Å². The lowest BCUT2D eigenvalue weighted by Crippen LogP contribution is -2.49. The highest BCUT2D eigenvalue weighted by molar-refractivity contribution is 5.81. The molecule has 2 aromatic heterocycles. The summed E-state index contributed by atoms with van der Waals surface area (Å²) in [7, 11) is 0. The first-order valence-corrected chi connectivity index (χ1v) is 13.6. The van der Waals surface area contributed by atoms with E-state index < -0.39 is 11.7 Å². The van der Waals surface area contributed by atoms with Gasteiger partial charge in [-0.2, -0.15) is 13.2 Å². The summed E-state index contributed by atoms with van der Waals surface area (Å²) in [6, 6.07) is 18.2. The van der Waals surface area contributed by atoms with Crippen LogP contribution in [-0.4, -0.2) is 63.9 Å². The molecular weight excluding hydrogens is 547 g/mol. The second-order valence-corrected chi connectivity index (χ2v) is 9.76. The molecular formula is C30H30F3N7O2. The topological polar surface area (TPSA) is 96.4 Å². The van der Waals surface area contributed by atoms with Gasteiger partial charge < -0.3 is 19.9 Å². The van der Waals surface area contributed by atoms with Crippen LogP contribution in [0, 0.1) is 0 Å². The van der Waals surface area contributed by atoms with Gasteiger partial charge in [0.2, 0.25) is 5.95 Å². The van der Waals surface area contributed by atoms with Crippen LogP contribution in [0.4, 0.5) is 29.7 Å². The predicted molar refractivity (Wildman–Crippen MR) is 153 cm³/mol. The molecule has 2 aromatic carbocycles. The van der Waals surface area contributed by atoms with Gasteiger partial charge in [-0.15, -0.1) is 10.2 Å². The SMILES string of the molecule is CCOC(=O)N1CCN(c2cc(-c3ccnc(N[C@@H](C)c4ccccc4)n3)c(-c3cccc(C(F)(F)F)c3)nn2)CC1. The van der Waals surface area contributed by atoms with Crippen LogP contribution >= 0.6 is 0 Å². The van der Waals surface area contributed by atoms with Crippen molar-refractivity contribution in [2.45, 2.75) is 26.1 Å². The van der Waals surface area contributed by atoms with Gasteiger partial charge in [-0.1, -0.05) is 42.5 Å². The molecule has 1 aliphatic heterocycles. The smallest absolute Gasteiger partial charge is 0.416 e. The van der Waals surface area contributed by atoms with Gasteiger partial charge in [0.25, 0.3) is 0 Å². The molecule has 1 amide bonds. The number of halogens is 3. The molecule has 0 aliphatic carbocycles. The molecule has 0 bridgehead atoms. The Bertz CT molecular complexity index is 1530. The maximum atomic E-state index is 13.6. The van der Waals surface area contributed by atoms with E-state index in [2.05, 4.69) is 20.5 Å². The summed E-state index contributed by atoms with van der Waals surface area (Å²) in [5, 5.41) is 12.1. The summed E-state index contributed by atoms with van der Waals surface area (Å²) in [5.41, 5.74) is 1.76. The number of anilines is 2.